The van der Waals surface area contributed by atoms with Crippen LogP contribution in [0.3, 0.4) is 0 Å². The minimum Gasteiger partial charge on any atom is -0.481 e. The van der Waals surface area contributed by atoms with Gasteiger partial charge in [-0.15, -0.1) is 0 Å². The van der Waals surface area contributed by atoms with Crippen molar-refractivity contribution in [2.24, 2.45) is 5.73 Å². The second kappa shape index (κ2) is 6.38. The van der Waals surface area contributed by atoms with Crippen LogP contribution in [0.25, 0.3) is 0 Å². The zero-order valence-corrected chi connectivity index (χ0v) is 11.5. The number of hydrogen-bond acceptors (Lipinski definition) is 3. The van der Waals surface area contributed by atoms with Gasteiger partial charge < -0.3 is 15.0 Å². The molecule has 2 heterocycles. The third-order valence-corrected chi connectivity index (χ3v) is 3.14. The first-order chi connectivity index (χ1) is 9.22. The highest BCUT2D eigenvalue weighted by molar-refractivity contribution is 5.19. The van der Waals surface area contributed by atoms with Crippen molar-refractivity contribution in [1.29, 1.82) is 0 Å². The second-order valence-corrected chi connectivity index (χ2v) is 4.68. The maximum absolute atomic E-state index is 6.11. The molecule has 0 aliphatic carbocycles. The number of methoxy groups -OCH3 is 1. The highest BCUT2D eigenvalue weighted by Gasteiger charge is 2.07. The number of ether oxygens (including phenoxy) is 1. The molecular formula is C15H21N3O. The quantitative estimate of drug-likeness (QED) is 0.867. The molecule has 0 aromatic carbocycles. The fourth-order valence-corrected chi connectivity index (χ4v) is 2.10. The summed E-state index contributed by atoms with van der Waals surface area (Å²) in [6, 6.07) is 8.01. The minimum absolute atomic E-state index is 0.129. The van der Waals surface area contributed by atoms with Gasteiger partial charge in [0.25, 0.3) is 0 Å². The highest BCUT2D eigenvalue weighted by atomic mass is 16.5. The van der Waals surface area contributed by atoms with Gasteiger partial charge in [-0.1, -0.05) is 19.4 Å². The van der Waals surface area contributed by atoms with Crippen LogP contribution in [0.1, 0.15) is 37.1 Å². The van der Waals surface area contributed by atoms with Crippen molar-refractivity contribution in [2.45, 2.75) is 32.4 Å². The summed E-state index contributed by atoms with van der Waals surface area (Å²) in [4.78, 5) is 4.40. The van der Waals surface area contributed by atoms with Crippen LogP contribution in [-0.2, 0) is 6.54 Å². The predicted octanol–water partition coefficient (Wildman–Crippen LogP) is 2.74. The summed E-state index contributed by atoms with van der Waals surface area (Å²) in [6.07, 6.45) is 6.26. The van der Waals surface area contributed by atoms with Crippen LogP contribution in [0, 0.1) is 0 Å². The lowest BCUT2D eigenvalue weighted by Crippen LogP contribution is -2.09. The molecule has 0 aliphatic heterocycles. The van der Waals surface area contributed by atoms with E-state index in [1.807, 2.05) is 24.4 Å². The molecule has 2 aromatic rings. The van der Waals surface area contributed by atoms with E-state index in [4.69, 9.17) is 10.5 Å². The first-order valence-corrected chi connectivity index (χ1v) is 6.64. The molecule has 2 rings (SSSR count). The lowest BCUT2D eigenvalue weighted by atomic mass is 10.1. The molecule has 0 amide bonds. The molecule has 19 heavy (non-hydrogen) atoms. The molecule has 2 N–H and O–H groups in total. The van der Waals surface area contributed by atoms with Crippen molar-refractivity contribution in [2.75, 3.05) is 7.11 Å². The number of rotatable bonds is 6. The van der Waals surface area contributed by atoms with Gasteiger partial charge in [0.2, 0.25) is 5.88 Å². The van der Waals surface area contributed by atoms with Gasteiger partial charge >= 0.3 is 0 Å². The van der Waals surface area contributed by atoms with Crippen LogP contribution < -0.4 is 10.5 Å². The van der Waals surface area contributed by atoms with E-state index < -0.39 is 0 Å². The molecule has 0 saturated carbocycles. The average Bonchev–Trinajstić information content (AvgIpc) is 2.88. The largest absolute Gasteiger partial charge is 0.481 e. The molecule has 1 atom stereocenters. The van der Waals surface area contributed by atoms with Crippen LogP contribution in [0.15, 0.2) is 36.7 Å². The second-order valence-electron chi connectivity index (χ2n) is 4.68. The Kier molecular flexibility index (Phi) is 4.58. The van der Waals surface area contributed by atoms with Gasteiger partial charge in [0, 0.05) is 24.5 Å². The van der Waals surface area contributed by atoms with Crippen molar-refractivity contribution in [3.8, 4) is 5.88 Å². The Labute approximate surface area is 114 Å². The summed E-state index contributed by atoms with van der Waals surface area (Å²) in [7, 11) is 1.63. The summed E-state index contributed by atoms with van der Waals surface area (Å²) in [6.45, 7) is 2.88. The topological polar surface area (TPSA) is 53.1 Å². The number of nitrogens with zero attached hydrogens (tertiary/aromatic N) is 2. The van der Waals surface area contributed by atoms with Crippen molar-refractivity contribution < 1.29 is 4.74 Å². The Hall–Kier alpha value is -1.81. The standard InChI is InChI=1S/C15H21N3O/c1-3-5-14(16)12-8-9-18(10-12)11-13-6-4-7-15(17-13)19-2/h4,6-10,14H,3,5,11,16H2,1-2H3. The molecule has 0 bridgehead atoms. The van der Waals surface area contributed by atoms with Gasteiger partial charge in [-0.3, -0.25) is 0 Å². The first-order valence-electron chi connectivity index (χ1n) is 6.64. The van der Waals surface area contributed by atoms with Gasteiger partial charge in [0.1, 0.15) is 0 Å². The van der Waals surface area contributed by atoms with Crippen molar-refractivity contribution in [3.05, 3.63) is 47.9 Å². The van der Waals surface area contributed by atoms with E-state index in [1.165, 1.54) is 5.56 Å². The number of hydrogen-bond donors (Lipinski definition) is 1. The van der Waals surface area contributed by atoms with Crippen molar-refractivity contribution in [1.82, 2.24) is 9.55 Å². The smallest absolute Gasteiger partial charge is 0.213 e. The Morgan fingerprint density at radius 2 is 2.21 bits per heavy atom. The third kappa shape index (κ3) is 3.58. The summed E-state index contributed by atoms with van der Waals surface area (Å²) in [5, 5.41) is 0. The molecule has 4 nitrogen and oxygen atoms in total. The van der Waals surface area contributed by atoms with Crippen molar-refractivity contribution in [3.63, 3.8) is 0 Å². The molecule has 0 saturated heterocycles. The zero-order valence-electron chi connectivity index (χ0n) is 11.5. The Bertz CT molecular complexity index is 522. The van der Waals surface area contributed by atoms with Gasteiger partial charge in [-0.2, -0.15) is 0 Å². The third-order valence-electron chi connectivity index (χ3n) is 3.14. The van der Waals surface area contributed by atoms with E-state index in [0.29, 0.717) is 5.88 Å². The summed E-state index contributed by atoms with van der Waals surface area (Å²) in [5.74, 6) is 0.646. The molecule has 0 radical (unpaired) electrons. The first kappa shape index (κ1) is 13.6. The Morgan fingerprint density at radius 3 is 2.95 bits per heavy atom. The molecule has 2 aromatic heterocycles. The average molecular weight is 259 g/mol. The molecule has 0 aliphatic rings. The van der Waals surface area contributed by atoms with Crippen LogP contribution in [0.2, 0.25) is 0 Å². The van der Waals surface area contributed by atoms with E-state index in [2.05, 4.69) is 28.7 Å². The maximum atomic E-state index is 6.11. The Balaban J connectivity index is 2.06. The fourth-order valence-electron chi connectivity index (χ4n) is 2.10. The van der Waals surface area contributed by atoms with Gasteiger partial charge in [0.15, 0.2) is 0 Å². The van der Waals surface area contributed by atoms with E-state index >= 15 is 0 Å². The van der Waals surface area contributed by atoms with Crippen LogP contribution >= 0.6 is 0 Å². The van der Waals surface area contributed by atoms with E-state index in [0.717, 1.165) is 25.1 Å². The molecule has 102 valence electrons. The van der Waals surface area contributed by atoms with Gasteiger partial charge in [-0.05, 0) is 24.1 Å². The van der Waals surface area contributed by atoms with E-state index in [1.54, 1.807) is 7.11 Å². The molecule has 0 spiro atoms. The van der Waals surface area contributed by atoms with Crippen LogP contribution in [-0.4, -0.2) is 16.7 Å². The molecule has 4 heteroatoms. The molecule has 0 fully saturated rings. The number of pyridine rings is 1. The van der Waals surface area contributed by atoms with Gasteiger partial charge in [-0.25, -0.2) is 4.98 Å². The van der Waals surface area contributed by atoms with Crippen LogP contribution in [0.5, 0.6) is 5.88 Å². The van der Waals surface area contributed by atoms with Gasteiger partial charge in [0.05, 0.1) is 19.3 Å². The summed E-state index contributed by atoms with van der Waals surface area (Å²) < 4.78 is 7.23. The Morgan fingerprint density at radius 1 is 1.37 bits per heavy atom. The SMILES string of the molecule is CCCC(N)c1ccn(Cc2cccc(OC)n2)c1. The maximum Gasteiger partial charge on any atom is 0.213 e. The molecule has 1 unspecified atom stereocenters. The summed E-state index contributed by atoms with van der Waals surface area (Å²) >= 11 is 0. The lowest BCUT2D eigenvalue weighted by molar-refractivity contribution is 0.396. The number of aromatic nitrogens is 2. The van der Waals surface area contributed by atoms with E-state index in [-0.39, 0.29) is 6.04 Å². The zero-order chi connectivity index (χ0) is 13.7. The minimum atomic E-state index is 0.129. The van der Waals surface area contributed by atoms with Crippen molar-refractivity contribution >= 4 is 0 Å². The normalized spacial score (nSPS) is 12.4. The predicted molar refractivity (Wildman–Crippen MR) is 76.2 cm³/mol. The van der Waals surface area contributed by atoms with Crippen LogP contribution in [0.4, 0.5) is 0 Å². The lowest BCUT2D eigenvalue weighted by Gasteiger charge is -2.08. The molecular weight excluding hydrogens is 238 g/mol. The monoisotopic (exact) mass is 259 g/mol. The number of nitrogens with two attached hydrogens (primary N) is 1. The van der Waals surface area contributed by atoms with E-state index in [9.17, 15) is 0 Å². The highest BCUT2D eigenvalue weighted by Crippen LogP contribution is 2.17. The fraction of sp³-hybridized carbons (Fsp3) is 0.400. The summed E-state index contributed by atoms with van der Waals surface area (Å²) in [5.41, 5.74) is 8.27.